The van der Waals surface area contributed by atoms with Gasteiger partial charge in [0.25, 0.3) is 0 Å². The Morgan fingerprint density at radius 2 is 2.11 bits per heavy atom. The van der Waals surface area contributed by atoms with E-state index in [0.717, 1.165) is 37.8 Å². The summed E-state index contributed by atoms with van der Waals surface area (Å²) in [5.74, 6) is 2.82. The SMILES string of the molecule is O=C(CC1CC2CCC1C2)NCCC1CCCCN1. The zero-order valence-corrected chi connectivity index (χ0v) is 12.0. The van der Waals surface area contributed by atoms with E-state index in [9.17, 15) is 4.79 Å². The maximum Gasteiger partial charge on any atom is 0.220 e. The van der Waals surface area contributed by atoms with Crippen molar-refractivity contribution in [1.82, 2.24) is 10.6 Å². The van der Waals surface area contributed by atoms with Crippen LogP contribution in [-0.2, 0) is 4.79 Å². The molecule has 2 bridgehead atoms. The van der Waals surface area contributed by atoms with Crippen LogP contribution in [0.15, 0.2) is 0 Å². The number of carbonyl (C=O) groups excluding carboxylic acids is 1. The van der Waals surface area contributed by atoms with Gasteiger partial charge in [0.15, 0.2) is 0 Å². The van der Waals surface area contributed by atoms with Gasteiger partial charge in [-0.1, -0.05) is 12.8 Å². The largest absolute Gasteiger partial charge is 0.356 e. The van der Waals surface area contributed by atoms with E-state index >= 15 is 0 Å². The van der Waals surface area contributed by atoms with Crippen molar-refractivity contribution in [2.45, 2.75) is 63.8 Å². The number of piperidine rings is 1. The molecule has 1 heterocycles. The van der Waals surface area contributed by atoms with Crippen LogP contribution >= 0.6 is 0 Å². The van der Waals surface area contributed by atoms with Gasteiger partial charge in [-0.15, -0.1) is 0 Å². The fraction of sp³-hybridized carbons (Fsp3) is 0.938. The molecule has 3 nitrogen and oxygen atoms in total. The second-order valence-electron chi connectivity index (χ2n) is 6.92. The van der Waals surface area contributed by atoms with E-state index in [1.54, 1.807) is 0 Å². The molecule has 0 aromatic heterocycles. The fourth-order valence-electron chi connectivity index (χ4n) is 4.49. The number of hydrogen-bond acceptors (Lipinski definition) is 2. The summed E-state index contributed by atoms with van der Waals surface area (Å²) in [4.78, 5) is 12.0. The summed E-state index contributed by atoms with van der Waals surface area (Å²) in [6.45, 7) is 2.01. The van der Waals surface area contributed by atoms with E-state index < -0.39 is 0 Å². The van der Waals surface area contributed by atoms with Crippen molar-refractivity contribution in [3.05, 3.63) is 0 Å². The van der Waals surface area contributed by atoms with Gasteiger partial charge in [0, 0.05) is 19.0 Å². The Bertz CT molecular complexity index is 312. The van der Waals surface area contributed by atoms with Crippen molar-refractivity contribution >= 4 is 5.91 Å². The van der Waals surface area contributed by atoms with E-state index in [1.165, 1.54) is 44.9 Å². The maximum absolute atomic E-state index is 12.0. The van der Waals surface area contributed by atoms with Crippen LogP contribution in [0.2, 0.25) is 0 Å². The predicted molar refractivity (Wildman–Crippen MR) is 76.8 cm³/mol. The average molecular weight is 264 g/mol. The van der Waals surface area contributed by atoms with E-state index in [1.807, 2.05) is 0 Å². The summed E-state index contributed by atoms with van der Waals surface area (Å²) in [5, 5.41) is 6.67. The van der Waals surface area contributed by atoms with E-state index in [-0.39, 0.29) is 0 Å². The van der Waals surface area contributed by atoms with E-state index in [4.69, 9.17) is 0 Å². The van der Waals surface area contributed by atoms with Gasteiger partial charge in [0.05, 0.1) is 0 Å². The lowest BCUT2D eigenvalue weighted by Gasteiger charge is -2.24. The lowest BCUT2D eigenvalue weighted by atomic mass is 9.86. The minimum absolute atomic E-state index is 0.299. The molecule has 2 aliphatic carbocycles. The molecule has 3 heteroatoms. The molecule has 1 amide bonds. The zero-order valence-electron chi connectivity index (χ0n) is 12.0. The number of rotatable bonds is 5. The first kappa shape index (κ1) is 13.4. The maximum atomic E-state index is 12.0. The van der Waals surface area contributed by atoms with Gasteiger partial charge in [-0.3, -0.25) is 4.79 Å². The van der Waals surface area contributed by atoms with Gasteiger partial charge in [-0.25, -0.2) is 0 Å². The molecule has 2 saturated carbocycles. The predicted octanol–water partition coefficient (Wildman–Crippen LogP) is 2.46. The molecule has 0 radical (unpaired) electrons. The number of nitrogens with one attached hydrogen (secondary N) is 2. The number of amides is 1. The Labute approximate surface area is 116 Å². The Hall–Kier alpha value is -0.570. The highest BCUT2D eigenvalue weighted by molar-refractivity contribution is 5.76. The van der Waals surface area contributed by atoms with Gasteiger partial charge < -0.3 is 10.6 Å². The van der Waals surface area contributed by atoms with Gasteiger partial charge in [0.2, 0.25) is 5.91 Å². The molecular weight excluding hydrogens is 236 g/mol. The van der Waals surface area contributed by atoms with Crippen LogP contribution in [0.5, 0.6) is 0 Å². The molecule has 19 heavy (non-hydrogen) atoms. The molecule has 0 aromatic carbocycles. The normalized spacial score (nSPS) is 37.5. The smallest absolute Gasteiger partial charge is 0.220 e. The first-order valence-electron chi connectivity index (χ1n) is 8.31. The molecule has 2 N–H and O–H groups in total. The third kappa shape index (κ3) is 3.50. The van der Waals surface area contributed by atoms with Crippen molar-refractivity contribution < 1.29 is 4.79 Å². The summed E-state index contributed by atoms with van der Waals surface area (Å²) in [6.07, 6.45) is 11.4. The van der Waals surface area contributed by atoms with E-state index in [2.05, 4.69) is 10.6 Å². The van der Waals surface area contributed by atoms with Crippen molar-refractivity contribution in [3.63, 3.8) is 0 Å². The molecular formula is C16H28N2O. The Balaban J connectivity index is 1.31. The molecule has 3 fully saturated rings. The van der Waals surface area contributed by atoms with Crippen LogP contribution in [0.25, 0.3) is 0 Å². The summed E-state index contributed by atoms with van der Waals surface area (Å²) >= 11 is 0. The first-order chi connectivity index (χ1) is 9.31. The third-order valence-electron chi connectivity index (χ3n) is 5.56. The lowest BCUT2D eigenvalue weighted by Crippen LogP contribution is -2.37. The van der Waals surface area contributed by atoms with Gasteiger partial charge in [0.1, 0.15) is 0 Å². The highest BCUT2D eigenvalue weighted by Crippen LogP contribution is 2.49. The lowest BCUT2D eigenvalue weighted by molar-refractivity contribution is -0.122. The van der Waals surface area contributed by atoms with Crippen molar-refractivity contribution in [2.24, 2.45) is 17.8 Å². The second kappa shape index (κ2) is 6.25. The highest BCUT2D eigenvalue weighted by atomic mass is 16.1. The summed E-state index contributed by atoms with van der Waals surface area (Å²) in [5.41, 5.74) is 0. The zero-order chi connectivity index (χ0) is 13.1. The van der Waals surface area contributed by atoms with Crippen molar-refractivity contribution in [3.8, 4) is 0 Å². The Kier molecular flexibility index (Phi) is 4.42. The molecule has 1 aliphatic heterocycles. The van der Waals surface area contributed by atoms with Crippen LogP contribution in [-0.4, -0.2) is 25.0 Å². The van der Waals surface area contributed by atoms with Crippen LogP contribution in [0, 0.1) is 17.8 Å². The van der Waals surface area contributed by atoms with Crippen LogP contribution in [0.1, 0.15) is 57.8 Å². The number of hydrogen-bond donors (Lipinski definition) is 2. The quantitative estimate of drug-likeness (QED) is 0.801. The highest BCUT2D eigenvalue weighted by Gasteiger charge is 2.39. The van der Waals surface area contributed by atoms with Gasteiger partial charge >= 0.3 is 0 Å². The number of fused-ring (bicyclic) bond motifs is 2. The van der Waals surface area contributed by atoms with Crippen LogP contribution < -0.4 is 10.6 Å². The van der Waals surface area contributed by atoms with Crippen LogP contribution in [0.4, 0.5) is 0 Å². The monoisotopic (exact) mass is 264 g/mol. The molecule has 0 aromatic rings. The molecule has 4 atom stereocenters. The topological polar surface area (TPSA) is 41.1 Å². The Morgan fingerprint density at radius 3 is 2.79 bits per heavy atom. The van der Waals surface area contributed by atoms with Gasteiger partial charge in [-0.05, 0) is 62.8 Å². The summed E-state index contributed by atoms with van der Waals surface area (Å²) < 4.78 is 0. The van der Waals surface area contributed by atoms with Crippen molar-refractivity contribution in [2.75, 3.05) is 13.1 Å². The van der Waals surface area contributed by atoms with Crippen molar-refractivity contribution in [1.29, 1.82) is 0 Å². The summed E-state index contributed by atoms with van der Waals surface area (Å²) in [6, 6.07) is 0.636. The molecule has 0 spiro atoms. The minimum atomic E-state index is 0.299. The third-order valence-corrected chi connectivity index (χ3v) is 5.56. The van der Waals surface area contributed by atoms with Gasteiger partial charge in [-0.2, -0.15) is 0 Å². The fourth-order valence-corrected chi connectivity index (χ4v) is 4.49. The minimum Gasteiger partial charge on any atom is -0.356 e. The molecule has 3 aliphatic rings. The Morgan fingerprint density at radius 1 is 1.16 bits per heavy atom. The second-order valence-corrected chi connectivity index (χ2v) is 6.92. The number of carbonyl (C=O) groups is 1. The molecule has 108 valence electrons. The average Bonchev–Trinajstić information content (AvgIpc) is 3.02. The standard InChI is InChI=1S/C16H28N2O/c19-16(11-14-10-12-4-5-13(14)9-12)18-8-6-15-3-1-2-7-17-15/h12-15,17H,1-11H2,(H,18,19). The van der Waals surface area contributed by atoms with Crippen LogP contribution in [0.3, 0.4) is 0 Å². The molecule has 1 saturated heterocycles. The first-order valence-corrected chi connectivity index (χ1v) is 8.31. The van der Waals surface area contributed by atoms with E-state index in [0.29, 0.717) is 17.9 Å². The molecule has 3 rings (SSSR count). The summed E-state index contributed by atoms with van der Waals surface area (Å²) in [7, 11) is 0. The molecule has 4 unspecified atom stereocenters.